The molecule has 4 aromatic rings. The maximum atomic E-state index is 13.3. The van der Waals surface area contributed by atoms with Gasteiger partial charge in [-0.1, -0.05) is 55.7 Å². The number of halogens is 1. The predicted molar refractivity (Wildman–Crippen MR) is 164 cm³/mol. The summed E-state index contributed by atoms with van der Waals surface area (Å²) >= 11 is 0. The van der Waals surface area contributed by atoms with Crippen LogP contribution in [0.1, 0.15) is 43.2 Å². The molecular formula is C32H36FN7O2. The van der Waals surface area contributed by atoms with E-state index in [2.05, 4.69) is 36.2 Å². The number of amides is 1. The lowest BCUT2D eigenvalue weighted by Crippen LogP contribution is -2.19. The van der Waals surface area contributed by atoms with Crippen molar-refractivity contribution in [3.8, 4) is 5.75 Å². The Morgan fingerprint density at radius 2 is 1.50 bits per heavy atom. The van der Waals surface area contributed by atoms with Gasteiger partial charge in [0.15, 0.2) is 0 Å². The molecule has 1 fully saturated rings. The standard InChI is InChI=1S/C32H36FN7O2/c1-42-28-10-6-5-9-27(28)37-29(41)19-22-13-17-26(18-14-22)36-32-39-30(34-20-23-7-3-2-4-8-23)38-31(40-32)35-21-24-11-15-25(33)16-12-24/h5-6,9-18,23H,2-4,7-8,19-21H2,1H3,(H,37,41)(H3,34,35,36,38,39,40). The van der Waals surface area contributed by atoms with Crippen LogP contribution >= 0.6 is 0 Å². The van der Waals surface area contributed by atoms with Crippen LogP contribution in [0.2, 0.25) is 0 Å². The minimum atomic E-state index is -0.275. The van der Waals surface area contributed by atoms with Crippen LogP contribution in [0.15, 0.2) is 72.8 Å². The van der Waals surface area contributed by atoms with Crippen molar-refractivity contribution in [1.82, 2.24) is 15.0 Å². The Morgan fingerprint density at radius 3 is 2.24 bits per heavy atom. The molecule has 218 valence electrons. The van der Waals surface area contributed by atoms with Crippen LogP contribution < -0.4 is 26.0 Å². The minimum Gasteiger partial charge on any atom is -0.495 e. The predicted octanol–water partition coefficient (Wildman–Crippen LogP) is 6.55. The molecule has 1 aliphatic carbocycles. The van der Waals surface area contributed by atoms with E-state index in [0.717, 1.165) is 23.4 Å². The molecule has 0 aliphatic heterocycles. The first-order valence-corrected chi connectivity index (χ1v) is 14.3. The van der Waals surface area contributed by atoms with Crippen LogP contribution in [0.4, 0.5) is 33.6 Å². The zero-order valence-corrected chi connectivity index (χ0v) is 23.7. The summed E-state index contributed by atoms with van der Waals surface area (Å²) in [5.74, 6) is 2.10. The fraction of sp³-hybridized carbons (Fsp3) is 0.312. The second-order valence-corrected chi connectivity index (χ2v) is 10.4. The van der Waals surface area contributed by atoms with Gasteiger partial charge in [-0.3, -0.25) is 4.79 Å². The molecule has 9 nitrogen and oxygen atoms in total. The Labute approximate surface area is 245 Å². The molecule has 0 atom stereocenters. The molecule has 0 radical (unpaired) electrons. The number of carbonyl (C=O) groups is 1. The summed E-state index contributed by atoms with van der Waals surface area (Å²) in [5, 5.41) is 12.8. The lowest BCUT2D eigenvalue weighted by molar-refractivity contribution is -0.115. The molecule has 4 N–H and O–H groups in total. The van der Waals surface area contributed by atoms with Gasteiger partial charge in [-0.15, -0.1) is 0 Å². The summed E-state index contributed by atoms with van der Waals surface area (Å²) < 4.78 is 18.6. The highest BCUT2D eigenvalue weighted by molar-refractivity contribution is 5.93. The van der Waals surface area contributed by atoms with Crippen molar-refractivity contribution < 1.29 is 13.9 Å². The van der Waals surface area contributed by atoms with Crippen LogP contribution in [0.3, 0.4) is 0 Å². The highest BCUT2D eigenvalue weighted by Crippen LogP contribution is 2.25. The van der Waals surface area contributed by atoms with E-state index in [1.54, 1.807) is 31.4 Å². The van der Waals surface area contributed by atoms with Crippen molar-refractivity contribution in [2.45, 2.75) is 45.1 Å². The number of nitrogens with one attached hydrogen (secondary N) is 4. The fourth-order valence-electron chi connectivity index (χ4n) is 4.96. The van der Waals surface area contributed by atoms with Gasteiger partial charge in [0.25, 0.3) is 0 Å². The number of anilines is 5. The van der Waals surface area contributed by atoms with Crippen molar-refractivity contribution in [3.63, 3.8) is 0 Å². The van der Waals surface area contributed by atoms with Gasteiger partial charge in [0.2, 0.25) is 23.8 Å². The lowest BCUT2D eigenvalue weighted by atomic mass is 9.89. The molecule has 1 aromatic heterocycles. The molecule has 0 unspecified atom stereocenters. The van der Waals surface area contributed by atoms with Gasteiger partial charge in [-0.2, -0.15) is 15.0 Å². The van der Waals surface area contributed by atoms with Crippen molar-refractivity contribution in [1.29, 1.82) is 0 Å². The molecule has 0 spiro atoms. The third-order valence-electron chi connectivity index (χ3n) is 7.23. The first-order valence-electron chi connectivity index (χ1n) is 14.3. The normalized spacial score (nSPS) is 13.3. The maximum Gasteiger partial charge on any atom is 0.233 e. The number of rotatable bonds is 12. The number of para-hydroxylation sites is 2. The summed E-state index contributed by atoms with van der Waals surface area (Å²) in [7, 11) is 1.57. The number of ether oxygens (including phenoxy) is 1. The first kappa shape index (κ1) is 28.8. The second kappa shape index (κ2) is 14.2. The molecule has 1 amide bonds. The molecule has 1 heterocycles. The first-order chi connectivity index (χ1) is 20.5. The summed E-state index contributed by atoms with van der Waals surface area (Å²) in [6.07, 6.45) is 6.47. The molecule has 0 saturated heterocycles. The quantitative estimate of drug-likeness (QED) is 0.152. The SMILES string of the molecule is COc1ccccc1NC(=O)Cc1ccc(Nc2nc(NCc3ccc(F)cc3)nc(NCC3CCCCC3)n2)cc1. The molecular weight excluding hydrogens is 533 g/mol. The lowest BCUT2D eigenvalue weighted by Gasteiger charge is -2.21. The summed E-state index contributed by atoms with van der Waals surface area (Å²) in [6.45, 7) is 1.25. The zero-order chi connectivity index (χ0) is 29.1. The summed E-state index contributed by atoms with van der Waals surface area (Å²) in [5.41, 5.74) is 3.18. The van der Waals surface area contributed by atoms with Crippen LogP contribution in [-0.4, -0.2) is 34.5 Å². The molecule has 1 saturated carbocycles. The largest absolute Gasteiger partial charge is 0.495 e. The number of nitrogens with zero attached hydrogens (tertiary/aromatic N) is 3. The number of aromatic nitrogens is 3. The number of methoxy groups -OCH3 is 1. The van der Waals surface area contributed by atoms with E-state index in [9.17, 15) is 9.18 Å². The van der Waals surface area contributed by atoms with E-state index >= 15 is 0 Å². The number of hydrogen-bond acceptors (Lipinski definition) is 8. The third-order valence-corrected chi connectivity index (χ3v) is 7.23. The number of carbonyl (C=O) groups excluding carboxylic acids is 1. The van der Waals surface area contributed by atoms with Crippen LogP contribution in [0, 0.1) is 11.7 Å². The average Bonchev–Trinajstić information content (AvgIpc) is 3.01. The Morgan fingerprint density at radius 1 is 0.833 bits per heavy atom. The van der Waals surface area contributed by atoms with Gasteiger partial charge in [0, 0.05) is 18.8 Å². The molecule has 5 rings (SSSR count). The van der Waals surface area contributed by atoms with E-state index in [4.69, 9.17) is 4.74 Å². The van der Waals surface area contributed by atoms with Crippen LogP contribution in [-0.2, 0) is 17.8 Å². The van der Waals surface area contributed by atoms with E-state index < -0.39 is 0 Å². The zero-order valence-electron chi connectivity index (χ0n) is 23.7. The van der Waals surface area contributed by atoms with Crippen LogP contribution in [0.25, 0.3) is 0 Å². The fourth-order valence-corrected chi connectivity index (χ4v) is 4.96. The van der Waals surface area contributed by atoms with Gasteiger partial charge in [0.05, 0.1) is 19.2 Å². The Bertz CT molecular complexity index is 1460. The minimum absolute atomic E-state index is 0.136. The Hall–Kier alpha value is -4.73. The summed E-state index contributed by atoms with van der Waals surface area (Å²) in [4.78, 5) is 26.3. The average molecular weight is 570 g/mol. The van der Waals surface area contributed by atoms with E-state index in [1.807, 2.05) is 36.4 Å². The van der Waals surface area contributed by atoms with Crippen molar-refractivity contribution in [3.05, 3.63) is 89.7 Å². The van der Waals surface area contributed by atoms with Crippen molar-refractivity contribution >= 4 is 35.1 Å². The monoisotopic (exact) mass is 569 g/mol. The van der Waals surface area contributed by atoms with E-state index in [0.29, 0.717) is 41.7 Å². The highest BCUT2D eigenvalue weighted by atomic mass is 19.1. The van der Waals surface area contributed by atoms with E-state index in [-0.39, 0.29) is 18.1 Å². The molecule has 10 heteroatoms. The van der Waals surface area contributed by atoms with Gasteiger partial charge < -0.3 is 26.0 Å². The topological polar surface area (TPSA) is 113 Å². The third kappa shape index (κ3) is 8.39. The Balaban J connectivity index is 1.24. The molecule has 42 heavy (non-hydrogen) atoms. The van der Waals surface area contributed by atoms with Gasteiger partial charge in [0.1, 0.15) is 11.6 Å². The Kier molecular flexibility index (Phi) is 9.77. The van der Waals surface area contributed by atoms with Gasteiger partial charge in [-0.25, -0.2) is 4.39 Å². The number of hydrogen-bond donors (Lipinski definition) is 4. The molecule has 0 bridgehead atoms. The van der Waals surface area contributed by atoms with Gasteiger partial charge in [-0.05, 0) is 66.3 Å². The molecule has 1 aliphatic rings. The van der Waals surface area contributed by atoms with E-state index in [1.165, 1.54) is 44.2 Å². The summed E-state index contributed by atoms with van der Waals surface area (Å²) in [6, 6.07) is 21.2. The van der Waals surface area contributed by atoms with Crippen LogP contribution in [0.5, 0.6) is 5.75 Å². The van der Waals surface area contributed by atoms with Gasteiger partial charge >= 0.3 is 0 Å². The molecule has 3 aromatic carbocycles. The van der Waals surface area contributed by atoms with Crippen molar-refractivity contribution in [2.75, 3.05) is 34.9 Å². The maximum absolute atomic E-state index is 13.3. The number of benzene rings is 3. The smallest absolute Gasteiger partial charge is 0.233 e. The highest BCUT2D eigenvalue weighted by Gasteiger charge is 2.15. The second-order valence-electron chi connectivity index (χ2n) is 10.4. The van der Waals surface area contributed by atoms with Crippen molar-refractivity contribution in [2.24, 2.45) is 5.92 Å².